The van der Waals surface area contributed by atoms with Gasteiger partial charge in [-0.15, -0.1) is 0 Å². The monoisotopic (exact) mass is 271 g/mol. The molecule has 1 atom stereocenters. The summed E-state index contributed by atoms with van der Waals surface area (Å²) in [6.07, 6.45) is 0.912. The van der Waals surface area contributed by atoms with Gasteiger partial charge in [0.25, 0.3) is 0 Å². The Balaban J connectivity index is 2.59. The molecule has 1 N–H and O–H groups in total. The molecule has 2 nitrogen and oxygen atoms in total. The van der Waals surface area contributed by atoms with Crippen LogP contribution >= 0.6 is 0 Å². The van der Waals surface area contributed by atoms with E-state index < -0.39 is 5.82 Å². The molecular formula is C15H23F2NO. The predicted molar refractivity (Wildman–Crippen MR) is 73.0 cm³/mol. The highest BCUT2D eigenvalue weighted by atomic mass is 19.1. The van der Waals surface area contributed by atoms with Crippen LogP contribution in [0.4, 0.5) is 8.78 Å². The Bertz CT molecular complexity index is 407. The van der Waals surface area contributed by atoms with E-state index in [1.807, 2.05) is 6.92 Å². The second-order valence-corrected chi connectivity index (χ2v) is 5.68. The Hall–Kier alpha value is -1.00. The van der Waals surface area contributed by atoms with Gasteiger partial charge in [0.2, 0.25) is 0 Å². The van der Waals surface area contributed by atoms with E-state index in [0.717, 1.165) is 12.5 Å². The van der Waals surface area contributed by atoms with Crippen LogP contribution in [0.15, 0.2) is 18.2 Å². The Labute approximate surface area is 114 Å². The average Bonchev–Trinajstić information content (AvgIpc) is 2.36. The lowest BCUT2D eigenvalue weighted by Gasteiger charge is -2.27. The molecule has 108 valence electrons. The van der Waals surface area contributed by atoms with E-state index in [-0.39, 0.29) is 17.3 Å². The number of methoxy groups -OCH3 is 1. The molecule has 0 aliphatic rings. The van der Waals surface area contributed by atoms with Crippen molar-refractivity contribution in [1.82, 2.24) is 5.32 Å². The van der Waals surface area contributed by atoms with E-state index in [4.69, 9.17) is 4.74 Å². The van der Waals surface area contributed by atoms with Gasteiger partial charge in [0, 0.05) is 31.9 Å². The minimum absolute atomic E-state index is 0.0497. The Morgan fingerprint density at radius 3 is 2.63 bits per heavy atom. The SMILES string of the molecule is COCCC(C)(C)CNC(C)c1cc(F)ccc1F. The highest BCUT2D eigenvalue weighted by molar-refractivity contribution is 5.21. The van der Waals surface area contributed by atoms with Gasteiger partial charge >= 0.3 is 0 Å². The van der Waals surface area contributed by atoms with Crippen molar-refractivity contribution in [3.8, 4) is 0 Å². The number of hydrogen-bond donors (Lipinski definition) is 1. The highest BCUT2D eigenvalue weighted by Gasteiger charge is 2.20. The Morgan fingerprint density at radius 1 is 1.32 bits per heavy atom. The lowest BCUT2D eigenvalue weighted by atomic mass is 9.89. The van der Waals surface area contributed by atoms with Crippen LogP contribution in [-0.4, -0.2) is 20.3 Å². The quantitative estimate of drug-likeness (QED) is 0.817. The van der Waals surface area contributed by atoms with Crippen molar-refractivity contribution in [2.75, 3.05) is 20.3 Å². The molecule has 0 bridgehead atoms. The third-order valence-corrected chi connectivity index (χ3v) is 3.29. The van der Waals surface area contributed by atoms with E-state index in [2.05, 4.69) is 19.2 Å². The van der Waals surface area contributed by atoms with Crippen LogP contribution in [0.3, 0.4) is 0 Å². The van der Waals surface area contributed by atoms with Crippen molar-refractivity contribution in [2.45, 2.75) is 33.2 Å². The zero-order valence-electron chi connectivity index (χ0n) is 12.1. The Morgan fingerprint density at radius 2 is 2.00 bits per heavy atom. The van der Waals surface area contributed by atoms with E-state index in [9.17, 15) is 8.78 Å². The largest absolute Gasteiger partial charge is 0.385 e. The molecule has 1 rings (SSSR count). The van der Waals surface area contributed by atoms with E-state index >= 15 is 0 Å². The van der Waals surface area contributed by atoms with Crippen LogP contribution in [0.2, 0.25) is 0 Å². The fourth-order valence-electron chi connectivity index (χ4n) is 1.85. The highest BCUT2D eigenvalue weighted by Crippen LogP contribution is 2.22. The van der Waals surface area contributed by atoms with Crippen LogP contribution in [0.5, 0.6) is 0 Å². The van der Waals surface area contributed by atoms with E-state index in [0.29, 0.717) is 18.7 Å². The molecule has 0 fully saturated rings. The molecule has 0 saturated carbocycles. The molecule has 19 heavy (non-hydrogen) atoms. The number of rotatable bonds is 7. The predicted octanol–water partition coefficient (Wildman–Crippen LogP) is 3.68. The van der Waals surface area contributed by atoms with Crippen LogP contribution < -0.4 is 5.32 Å². The lowest BCUT2D eigenvalue weighted by Crippen LogP contribution is -2.32. The van der Waals surface area contributed by atoms with Crippen LogP contribution in [0.1, 0.15) is 38.8 Å². The molecule has 0 saturated heterocycles. The van der Waals surface area contributed by atoms with Gasteiger partial charge in [0.05, 0.1) is 0 Å². The normalized spacial score (nSPS) is 13.6. The first kappa shape index (κ1) is 16.1. The molecule has 0 heterocycles. The van der Waals surface area contributed by atoms with Gasteiger partial charge in [-0.3, -0.25) is 0 Å². The second-order valence-electron chi connectivity index (χ2n) is 5.68. The van der Waals surface area contributed by atoms with Crippen LogP contribution in [0.25, 0.3) is 0 Å². The second kappa shape index (κ2) is 6.96. The first-order valence-electron chi connectivity index (χ1n) is 6.53. The molecule has 4 heteroatoms. The van der Waals surface area contributed by atoms with Crippen molar-refractivity contribution in [3.63, 3.8) is 0 Å². The molecule has 0 amide bonds. The molecule has 1 unspecified atom stereocenters. The van der Waals surface area contributed by atoms with Crippen LogP contribution in [0, 0.1) is 17.0 Å². The van der Waals surface area contributed by atoms with Crippen molar-refractivity contribution < 1.29 is 13.5 Å². The summed E-state index contributed by atoms with van der Waals surface area (Å²) in [5.41, 5.74) is 0.413. The third kappa shape index (κ3) is 5.25. The zero-order valence-corrected chi connectivity index (χ0v) is 12.1. The number of benzene rings is 1. The van der Waals surface area contributed by atoms with E-state index in [1.54, 1.807) is 7.11 Å². The van der Waals surface area contributed by atoms with Gasteiger partial charge in [-0.1, -0.05) is 13.8 Å². The minimum Gasteiger partial charge on any atom is -0.385 e. The van der Waals surface area contributed by atoms with Gasteiger partial charge < -0.3 is 10.1 Å². The van der Waals surface area contributed by atoms with Gasteiger partial charge in [-0.2, -0.15) is 0 Å². The summed E-state index contributed by atoms with van der Waals surface area (Å²) in [4.78, 5) is 0. The molecule has 0 radical (unpaired) electrons. The third-order valence-electron chi connectivity index (χ3n) is 3.29. The van der Waals surface area contributed by atoms with Crippen molar-refractivity contribution >= 4 is 0 Å². The fraction of sp³-hybridized carbons (Fsp3) is 0.600. The summed E-state index contributed by atoms with van der Waals surface area (Å²) in [5.74, 6) is -0.792. The molecular weight excluding hydrogens is 248 g/mol. The standard InChI is InChI=1S/C15H23F2NO/c1-11(13-9-12(16)5-6-14(13)17)18-10-15(2,3)7-8-19-4/h5-6,9,11,18H,7-8,10H2,1-4H3. The summed E-state index contributed by atoms with van der Waals surface area (Å²) in [6.45, 7) is 7.48. The summed E-state index contributed by atoms with van der Waals surface area (Å²) in [5, 5.41) is 3.25. The first-order chi connectivity index (χ1) is 8.85. The smallest absolute Gasteiger partial charge is 0.128 e. The summed E-state index contributed by atoms with van der Waals surface area (Å²) >= 11 is 0. The Kier molecular flexibility index (Phi) is 5.88. The van der Waals surface area contributed by atoms with Gasteiger partial charge in [-0.25, -0.2) is 8.78 Å². The van der Waals surface area contributed by atoms with Gasteiger partial charge in [-0.05, 0) is 37.0 Å². The maximum Gasteiger partial charge on any atom is 0.128 e. The number of hydrogen-bond acceptors (Lipinski definition) is 2. The number of nitrogens with one attached hydrogen (secondary N) is 1. The molecule has 0 aromatic heterocycles. The molecule has 0 aliphatic heterocycles. The van der Waals surface area contributed by atoms with Gasteiger partial charge in [0.1, 0.15) is 11.6 Å². The fourth-order valence-corrected chi connectivity index (χ4v) is 1.85. The molecule has 0 spiro atoms. The number of ether oxygens (including phenoxy) is 1. The average molecular weight is 271 g/mol. The minimum atomic E-state index is -0.413. The number of halogens is 2. The molecule has 1 aromatic carbocycles. The van der Waals surface area contributed by atoms with Crippen molar-refractivity contribution in [1.29, 1.82) is 0 Å². The lowest BCUT2D eigenvalue weighted by molar-refractivity contribution is 0.149. The first-order valence-corrected chi connectivity index (χ1v) is 6.53. The topological polar surface area (TPSA) is 21.3 Å². The summed E-state index contributed by atoms with van der Waals surface area (Å²) in [6, 6.07) is 3.32. The summed E-state index contributed by atoms with van der Waals surface area (Å²) < 4.78 is 31.8. The van der Waals surface area contributed by atoms with Gasteiger partial charge in [0.15, 0.2) is 0 Å². The maximum absolute atomic E-state index is 13.6. The summed E-state index contributed by atoms with van der Waals surface area (Å²) in [7, 11) is 1.67. The van der Waals surface area contributed by atoms with Crippen molar-refractivity contribution in [2.24, 2.45) is 5.41 Å². The van der Waals surface area contributed by atoms with Crippen LogP contribution in [-0.2, 0) is 4.74 Å². The maximum atomic E-state index is 13.6. The zero-order chi connectivity index (χ0) is 14.5. The molecule has 1 aromatic rings. The van der Waals surface area contributed by atoms with E-state index in [1.165, 1.54) is 12.1 Å². The molecule has 0 aliphatic carbocycles. The van der Waals surface area contributed by atoms with Crippen molar-refractivity contribution in [3.05, 3.63) is 35.4 Å².